The van der Waals surface area contributed by atoms with Crippen molar-refractivity contribution in [2.24, 2.45) is 0 Å². The SMILES string of the molecule is Cc1ccc[n+](O)c1S(O)(O)Cc1c(Cl)cccc1Cl. The van der Waals surface area contributed by atoms with E-state index in [2.05, 4.69) is 0 Å². The fourth-order valence-corrected chi connectivity index (χ4v) is 4.42. The van der Waals surface area contributed by atoms with E-state index < -0.39 is 10.6 Å². The normalized spacial score (nSPS) is 12.4. The molecule has 4 nitrogen and oxygen atoms in total. The van der Waals surface area contributed by atoms with E-state index in [4.69, 9.17) is 23.2 Å². The zero-order valence-corrected chi connectivity index (χ0v) is 13.0. The minimum atomic E-state index is -3.28. The molecule has 2 rings (SSSR count). The zero-order chi connectivity index (χ0) is 14.9. The third-order valence-electron chi connectivity index (χ3n) is 2.84. The number of pyridine rings is 1. The van der Waals surface area contributed by atoms with Crippen molar-refractivity contribution >= 4 is 33.8 Å². The summed E-state index contributed by atoms with van der Waals surface area (Å²) in [4.78, 5) is 0. The van der Waals surface area contributed by atoms with Crippen molar-refractivity contribution in [1.29, 1.82) is 0 Å². The van der Waals surface area contributed by atoms with Crippen LogP contribution in [0.15, 0.2) is 41.6 Å². The molecule has 0 amide bonds. The van der Waals surface area contributed by atoms with Gasteiger partial charge in [-0.25, -0.2) is 0 Å². The number of halogens is 2. The van der Waals surface area contributed by atoms with Crippen molar-refractivity contribution in [3.05, 3.63) is 57.7 Å². The third-order valence-corrected chi connectivity index (χ3v) is 5.36. The second-order valence-corrected chi connectivity index (χ2v) is 7.18. The summed E-state index contributed by atoms with van der Waals surface area (Å²) in [7, 11) is -3.28. The fraction of sp³-hybridized carbons (Fsp3) is 0.154. The molecule has 0 radical (unpaired) electrons. The smallest absolute Gasteiger partial charge is 0.290 e. The summed E-state index contributed by atoms with van der Waals surface area (Å²) >= 11 is 12.1. The second-order valence-electron chi connectivity index (χ2n) is 4.35. The number of rotatable bonds is 3. The number of nitrogens with zero attached hydrogens (tertiary/aromatic N) is 1. The minimum absolute atomic E-state index is 0.0518. The molecule has 0 atom stereocenters. The van der Waals surface area contributed by atoms with E-state index in [0.29, 0.717) is 21.2 Å². The Kier molecular flexibility index (Phi) is 4.46. The van der Waals surface area contributed by atoms with Crippen LogP contribution in [0, 0.1) is 6.92 Å². The molecule has 1 heterocycles. The molecule has 0 fully saturated rings. The standard InChI is InChI=1S/C13H13Cl2NO3S/c1-9-4-3-7-16(17)13(9)20(18,19)8-10-11(14)5-2-6-12(10)15/h2-7H,8H2,1H3,(H2-,17,18,19)/p+1. The Balaban J connectivity index is 2.46. The van der Waals surface area contributed by atoms with Crippen molar-refractivity contribution in [3.8, 4) is 0 Å². The van der Waals surface area contributed by atoms with Gasteiger partial charge in [-0.05, 0) is 25.1 Å². The van der Waals surface area contributed by atoms with Gasteiger partial charge in [-0.3, -0.25) is 14.3 Å². The molecule has 1 aromatic carbocycles. The number of hydrogen-bond acceptors (Lipinski definition) is 3. The highest BCUT2D eigenvalue weighted by Crippen LogP contribution is 2.52. The first kappa shape index (κ1) is 15.4. The lowest BCUT2D eigenvalue weighted by Crippen LogP contribution is -2.36. The Hall–Kier alpha value is -0.980. The molecule has 3 N–H and O–H groups in total. The van der Waals surface area contributed by atoms with Crippen LogP contribution in [0.25, 0.3) is 0 Å². The van der Waals surface area contributed by atoms with Crippen LogP contribution in [0.1, 0.15) is 11.1 Å². The van der Waals surface area contributed by atoms with E-state index in [0.717, 1.165) is 4.73 Å². The highest BCUT2D eigenvalue weighted by Gasteiger charge is 2.31. The number of aromatic nitrogens is 1. The molecule has 0 bridgehead atoms. The van der Waals surface area contributed by atoms with Crippen LogP contribution in [0.4, 0.5) is 0 Å². The van der Waals surface area contributed by atoms with E-state index in [-0.39, 0.29) is 10.8 Å². The molecule has 20 heavy (non-hydrogen) atoms. The van der Waals surface area contributed by atoms with Crippen LogP contribution in [0.2, 0.25) is 10.0 Å². The lowest BCUT2D eigenvalue weighted by Gasteiger charge is -2.29. The Morgan fingerprint density at radius 1 is 1.10 bits per heavy atom. The summed E-state index contributed by atoms with van der Waals surface area (Å²) in [5.41, 5.74) is 1.01. The molecular formula is C13H14Cl2NO3S+. The predicted molar refractivity (Wildman–Crippen MR) is 79.8 cm³/mol. The first-order valence-electron chi connectivity index (χ1n) is 5.72. The van der Waals surface area contributed by atoms with Crippen molar-refractivity contribution in [2.45, 2.75) is 17.7 Å². The number of hydrogen-bond donors (Lipinski definition) is 3. The van der Waals surface area contributed by atoms with Gasteiger partial charge in [0.25, 0.3) is 0 Å². The molecule has 0 aliphatic rings. The van der Waals surface area contributed by atoms with Gasteiger partial charge in [0.15, 0.2) is 0 Å². The molecule has 0 saturated heterocycles. The molecule has 0 aliphatic heterocycles. The largest absolute Gasteiger partial charge is 0.347 e. The lowest BCUT2D eigenvalue weighted by molar-refractivity contribution is -0.933. The van der Waals surface area contributed by atoms with Crippen LogP contribution in [-0.2, 0) is 5.75 Å². The topological polar surface area (TPSA) is 64.6 Å². The van der Waals surface area contributed by atoms with E-state index in [1.165, 1.54) is 6.20 Å². The van der Waals surface area contributed by atoms with Crippen LogP contribution >= 0.6 is 33.8 Å². The average molecular weight is 335 g/mol. The van der Waals surface area contributed by atoms with Gasteiger partial charge in [0.1, 0.15) is 0 Å². The van der Waals surface area contributed by atoms with E-state index >= 15 is 0 Å². The maximum atomic E-state index is 10.4. The van der Waals surface area contributed by atoms with Gasteiger partial charge >= 0.3 is 5.03 Å². The summed E-state index contributed by atoms with van der Waals surface area (Å²) in [6, 6.07) is 8.23. The Labute approximate surface area is 128 Å². The monoisotopic (exact) mass is 334 g/mol. The van der Waals surface area contributed by atoms with E-state index in [1.807, 2.05) is 0 Å². The predicted octanol–water partition coefficient (Wildman–Crippen LogP) is 4.14. The first-order valence-corrected chi connectivity index (χ1v) is 8.19. The minimum Gasteiger partial charge on any atom is -0.290 e. The lowest BCUT2D eigenvalue weighted by atomic mass is 10.2. The summed E-state index contributed by atoms with van der Waals surface area (Å²) in [5.74, 6) is -0.156. The van der Waals surface area contributed by atoms with Gasteiger partial charge in [0.2, 0.25) is 6.20 Å². The Morgan fingerprint density at radius 3 is 2.25 bits per heavy atom. The van der Waals surface area contributed by atoms with Crippen molar-refractivity contribution in [2.75, 3.05) is 0 Å². The third kappa shape index (κ3) is 3.02. The number of aryl methyl sites for hydroxylation is 1. The number of benzene rings is 1. The van der Waals surface area contributed by atoms with Crippen molar-refractivity contribution in [1.82, 2.24) is 0 Å². The Bertz CT molecular complexity index is 609. The van der Waals surface area contributed by atoms with Gasteiger partial charge in [0.05, 0.1) is 5.75 Å². The molecule has 0 spiro atoms. The average Bonchev–Trinajstić information content (AvgIpc) is 2.33. The maximum Gasteiger partial charge on any atom is 0.347 e. The van der Waals surface area contributed by atoms with E-state index in [9.17, 15) is 14.3 Å². The van der Waals surface area contributed by atoms with Crippen LogP contribution < -0.4 is 4.73 Å². The van der Waals surface area contributed by atoms with Crippen molar-refractivity contribution in [3.63, 3.8) is 0 Å². The second kappa shape index (κ2) is 5.79. The highest BCUT2D eigenvalue weighted by atomic mass is 35.5. The van der Waals surface area contributed by atoms with Crippen LogP contribution in [-0.4, -0.2) is 14.3 Å². The zero-order valence-electron chi connectivity index (χ0n) is 10.6. The van der Waals surface area contributed by atoms with Crippen LogP contribution in [0.5, 0.6) is 0 Å². The molecule has 0 saturated carbocycles. The first-order chi connectivity index (χ1) is 9.33. The molecule has 0 unspecified atom stereocenters. The summed E-state index contributed by atoms with van der Waals surface area (Å²) < 4.78 is 21.5. The Morgan fingerprint density at radius 2 is 1.70 bits per heavy atom. The van der Waals surface area contributed by atoms with Crippen LogP contribution in [0.3, 0.4) is 0 Å². The molecule has 2 aromatic rings. The summed E-state index contributed by atoms with van der Waals surface area (Å²) in [6.07, 6.45) is 1.34. The van der Waals surface area contributed by atoms with Gasteiger partial charge in [-0.15, -0.1) is 10.6 Å². The van der Waals surface area contributed by atoms with Gasteiger partial charge in [0, 0.05) is 32.0 Å². The molecule has 7 heteroatoms. The fourth-order valence-electron chi connectivity index (χ4n) is 1.94. The van der Waals surface area contributed by atoms with Gasteiger partial charge < -0.3 is 0 Å². The summed E-state index contributed by atoms with van der Waals surface area (Å²) in [6.45, 7) is 1.68. The molecular weight excluding hydrogens is 321 g/mol. The van der Waals surface area contributed by atoms with Gasteiger partial charge in [-0.1, -0.05) is 29.3 Å². The quantitative estimate of drug-likeness (QED) is 0.583. The van der Waals surface area contributed by atoms with Gasteiger partial charge in [-0.2, -0.15) is 0 Å². The van der Waals surface area contributed by atoms with Crippen molar-refractivity contribution < 1.29 is 19.0 Å². The van der Waals surface area contributed by atoms with E-state index in [1.54, 1.807) is 37.3 Å². The molecule has 1 aromatic heterocycles. The summed E-state index contributed by atoms with van der Waals surface area (Å²) in [5, 5.41) is 10.6. The molecule has 0 aliphatic carbocycles. The maximum absolute atomic E-state index is 10.4. The molecule has 108 valence electrons. The highest BCUT2D eigenvalue weighted by molar-refractivity contribution is 8.23.